The summed E-state index contributed by atoms with van der Waals surface area (Å²) in [5.41, 5.74) is 4.99. The highest BCUT2D eigenvalue weighted by Gasteiger charge is 2.26. The average molecular weight is 227 g/mol. The van der Waals surface area contributed by atoms with E-state index in [-0.39, 0.29) is 5.91 Å². The van der Waals surface area contributed by atoms with Crippen LogP contribution in [0.3, 0.4) is 0 Å². The van der Waals surface area contributed by atoms with Gasteiger partial charge in [-0.3, -0.25) is 4.79 Å². The number of likely N-dealkylation sites (tertiary alicyclic amines) is 1. The molecule has 16 heavy (non-hydrogen) atoms. The van der Waals surface area contributed by atoms with E-state index in [1.54, 1.807) is 13.8 Å². The maximum Gasteiger partial charge on any atom is 0.239 e. The van der Waals surface area contributed by atoms with Crippen LogP contribution in [0.2, 0.25) is 0 Å². The van der Waals surface area contributed by atoms with Crippen molar-refractivity contribution >= 4 is 5.91 Å². The first-order chi connectivity index (χ1) is 7.43. The number of nitrogens with one attached hydrogen (secondary N) is 1. The molecule has 0 aromatic heterocycles. The molecule has 0 aliphatic carbocycles. The average Bonchev–Trinajstić information content (AvgIpc) is 2.20. The third kappa shape index (κ3) is 4.10. The number of piperidine rings is 1. The van der Waals surface area contributed by atoms with Crippen LogP contribution in [0, 0.1) is 0 Å². The molecule has 1 fully saturated rings. The Morgan fingerprint density at radius 3 is 2.44 bits per heavy atom. The number of nitrogens with two attached hydrogens (primary N) is 1. The van der Waals surface area contributed by atoms with Crippen molar-refractivity contribution in [3.05, 3.63) is 0 Å². The Balaban J connectivity index is 2.30. The smallest absolute Gasteiger partial charge is 0.239 e. The zero-order valence-corrected chi connectivity index (χ0v) is 10.8. The van der Waals surface area contributed by atoms with Gasteiger partial charge in [0.05, 0.1) is 5.54 Å². The van der Waals surface area contributed by atoms with Crippen molar-refractivity contribution < 1.29 is 4.79 Å². The van der Waals surface area contributed by atoms with E-state index in [2.05, 4.69) is 17.1 Å². The van der Waals surface area contributed by atoms with Crippen LogP contribution >= 0.6 is 0 Å². The van der Waals surface area contributed by atoms with E-state index in [9.17, 15) is 4.79 Å². The molecule has 0 radical (unpaired) electrons. The van der Waals surface area contributed by atoms with Gasteiger partial charge in [0.25, 0.3) is 0 Å². The molecule has 0 spiro atoms. The number of carbonyl (C=O) groups excluding carboxylic acids is 1. The summed E-state index contributed by atoms with van der Waals surface area (Å²) in [7, 11) is 0. The third-order valence-corrected chi connectivity index (χ3v) is 3.05. The van der Waals surface area contributed by atoms with Crippen molar-refractivity contribution in [2.45, 2.75) is 51.6 Å². The van der Waals surface area contributed by atoms with Gasteiger partial charge in [0, 0.05) is 19.1 Å². The molecule has 94 valence electrons. The van der Waals surface area contributed by atoms with Crippen LogP contribution in [0.5, 0.6) is 0 Å². The zero-order valence-electron chi connectivity index (χ0n) is 10.8. The van der Waals surface area contributed by atoms with Crippen LogP contribution in [-0.2, 0) is 4.79 Å². The van der Waals surface area contributed by atoms with E-state index >= 15 is 0 Å². The van der Waals surface area contributed by atoms with Crippen molar-refractivity contribution in [3.63, 3.8) is 0 Å². The minimum atomic E-state index is -0.763. The molecular weight excluding hydrogens is 202 g/mol. The first kappa shape index (κ1) is 13.5. The topological polar surface area (TPSA) is 58.4 Å². The molecular formula is C12H25N3O. The second-order valence-corrected chi connectivity index (χ2v) is 5.31. The fourth-order valence-corrected chi connectivity index (χ4v) is 1.99. The summed E-state index contributed by atoms with van der Waals surface area (Å²) in [6, 6.07) is 0.309. The van der Waals surface area contributed by atoms with Crippen LogP contribution in [0.4, 0.5) is 0 Å². The van der Waals surface area contributed by atoms with Crippen molar-refractivity contribution in [1.29, 1.82) is 0 Å². The van der Waals surface area contributed by atoms with Gasteiger partial charge in [0.2, 0.25) is 5.91 Å². The van der Waals surface area contributed by atoms with Gasteiger partial charge in [0.15, 0.2) is 0 Å². The lowest BCUT2D eigenvalue weighted by molar-refractivity contribution is -0.126. The maximum absolute atomic E-state index is 11.7. The van der Waals surface area contributed by atoms with E-state index < -0.39 is 5.54 Å². The summed E-state index contributed by atoms with van der Waals surface area (Å²) in [5, 5.41) is 3.03. The lowest BCUT2D eigenvalue weighted by Crippen LogP contribution is -2.54. The normalized spacial score (nSPS) is 19.8. The molecule has 0 unspecified atom stereocenters. The Kier molecular flexibility index (Phi) is 4.74. The van der Waals surface area contributed by atoms with E-state index in [4.69, 9.17) is 5.73 Å². The number of nitrogens with zero attached hydrogens (tertiary/aromatic N) is 1. The van der Waals surface area contributed by atoms with Crippen LogP contribution in [-0.4, -0.2) is 42.0 Å². The van der Waals surface area contributed by atoms with Crippen LogP contribution in [0.1, 0.15) is 40.0 Å². The van der Waals surface area contributed by atoms with Crippen LogP contribution in [0.15, 0.2) is 0 Å². The third-order valence-electron chi connectivity index (χ3n) is 3.05. The van der Waals surface area contributed by atoms with Crippen molar-refractivity contribution in [3.8, 4) is 0 Å². The SMILES string of the molecule is CCCN1CCC(NC(=O)C(C)(C)N)CC1. The summed E-state index contributed by atoms with van der Waals surface area (Å²) >= 11 is 0. The van der Waals surface area contributed by atoms with Gasteiger partial charge in [-0.1, -0.05) is 6.92 Å². The molecule has 4 nitrogen and oxygen atoms in total. The summed E-state index contributed by atoms with van der Waals surface area (Å²) in [6.45, 7) is 9.03. The van der Waals surface area contributed by atoms with Gasteiger partial charge in [0.1, 0.15) is 0 Å². The first-order valence-corrected chi connectivity index (χ1v) is 6.25. The van der Waals surface area contributed by atoms with Gasteiger partial charge >= 0.3 is 0 Å². The Morgan fingerprint density at radius 2 is 2.00 bits per heavy atom. The fraction of sp³-hybridized carbons (Fsp3) is 0.917. The first-order valence-electron chi connectivity index (χ1n) is 6.25. The van der Waals surface area contributed by atoms with E-state index in [0.29, 0.717) is 6.04 Å². The standard InChI is InChI=1S/C12H25N3O/c1-4-7-15-8-5-10(6-9-15)14-11(16)12(2,3)13/h10H,4-9,13H2,1-3H3,(H,14,16). The Labute approximate surface area is 98.6 Å². The minimum Gasteiger partial charge on any atom is -0.352 e. The van der Waals surface area contributed by atoms with Gasteiger partial charge < -0.3 is 16.0 Å². The maximum atomic E-state index is 11.7. The molecule has 0 aromatic carbocycles. The molecule has 1 amide bonds. The molecule has 1 aliphatic rings. The summed E-state index contributed by atoms with van der Waals surface area (Å²) in [4.78, 5) is 14.1. The quantitative estimate of drug-likeness (QED) is 0.744. The highest BCUT2D eigenvalue weighted by molar-refractivity contribution is 5.85. The largest absolute Gasteiger partial charge is 0.352 e. The van der Waals surface area contributed by atoms with Crippen molar-refractivity contribution in [2.75, 3.05) is 19.6 Å². The summed E-state index contributed by atoms with van der Waals surface area (Å²) < 4.78 is 0. The molecule has 0 atom stereocenters. The molecule has 4 heteroatoms. The van der Waals surface area contributed by atoms with Gasteiger partial charge in [-0.2, -0.15) is 0 Å². The molecule has 0 bridgehead atoms. The molecule has 1 rings (SSSR count). The lowest BCUT2D eigenvalue weighted by atomic mass is 10.0. The minimum absolute atomic E-state index is 0.0403. The number of rotatable bonds is 4. The predicted molar refractivity (Wildman–Crippen MR) is 66.2 cm³/mol. The van der Waals surface area contributed by atoms with E-state index in [1.807, 2.05) is 0 Å². The zero-order chi connectivity index (χ0) is 12.2. The highest BCUT2D eigenvalue weighted by Crippen LogP contribution is 2.11. The highest BCUT2D eigenvalue weighted by atomic mass is 16.2. The number of carbonyl (C=O) groups is 1. The van der Waals surface area contributed by atoms with Gasteiger partial charge in [-0.05, 0) is 39.7 Å². The molecule has 3 N–H and O–H groups in total. The number of hydrogen-bond donors (Lipinski definition) is 2. The van der Waals surface area contributed by atoms with Gasteiger partial charge in [-0.25, -0.2) is 0 Å². The van der Waals surface area contributed by atoms with Crippen LogP contribution in [0.25, 0.3) is 0 Å². The number of amides is 1. The molecule has 0 saturated carbocycles. The van der Waals surface area contributed by atoms with E-state index in [1.165, 1.54) is 13.0 Å². The van der Waals surface area contributed by atoms with Gasteiger partial charge in [-0.15, -0.1) is 0 Å². The molecule has 0 aromatic rings. The second-order valence-electron chi connectivity index (χ2n) is 5.31. The number of hydrogen-bond acceptors (Lipinski definition) is 3. The molecule has 1 saturated heterocycles. The van der Waals surface area contributed by atoms with Crippen LogP contribution < -0.4 is 11.1 Å². The monoisotopic (exact) mass is 227 g/mol. The molecule has 1 heterocycles. The predicted octanol–water partition coefficient (Wildman–Crippen LogP) is 0.714. The van der Waals surface area contributed by atoms with Crippen molar-refractivity contribution in [1.82, 2.24) is 10.2 Å². The summed E-state index contributed by atoms with van der Waals surface area (Å²) in [6.07, 6.45) is 3.29. The summed E-state index contributed by atoms with van der Waals surface area (Å²) in [5.74, 6) is -0.0403. The molecule has 1 aliphatic heterocycles. The Morgan fingerprint density at radius 1 is 1.44 bits per heavy atom. The van der Waals surface area contributed by atoms with Crippen molar-refractivity contribution in [2.24, 2.45) is 5.73 Å². The fourth-order valence-electron chi connectivity index (χ4n) is 1.99. The Hall–Kier alpha value is -0.610. The van der Waals surface area contributed by atoms with E-state index in [0.717, 1.165) is 25.9 Å². The Bertz CT molecular complexity index is 227. The second kappa shape index (κ2) is 5.64. The lowest BCUT2D eigenvalue weighted by Gasteiger charge is -2.33.